The molecular formula is C11H15Cl2NO3S. The van der Waals surface area contributed by atoms with Crippen molar-refractivity contribution in [3.8, 4) is 0 Å². The lowest BCUT2D eigenvalue weighted by molar-refractivity contribution is 0.129. The fraction of sp³-hybridized carbons (Fsp3) is 0.455. The molecule has 1 rings (SSSR count). The molecule has 0 saturated heterocycles. The number of hydrogen-bond acceptors (Lipinski definition) is 3. The van der Waals surface area contributed by atoms with Crippen LogP contribution in [-0.2, 0) is 10.0 Å². The molecule has 18 heavy (non-hydrogen) atoms. The average Bonchev–Trinajstić information content (AvgIpc) is 2.29. The third kappa shape index (κ3) is 4.10. The highest BCUT2D eigenvalue weighted by Gasteiger charge is 2.20. The van der Waals surface area contributed by atoms with Crippen molar-refractivity contribution < 1.29 is 13.5 Å². The quantitative estimate of drug-likeness (QED) is 0.876. The Labute approximate surface area is 117 Å². The van der Waals surface area contributed by atoms with Gasteiger partial charge in [0, 0.05) is 11.6 Å². The second-order valence-corrected chi connectivity index (χ2v) is 6.82. The molecular weight excluding hydrogens is 297 g/mol. The smallest absolute Gasteiger partial charge is 0.242 e. The molecule has 0 radical (unpaired) electrons. The Morgan fingerprint density at radius 3 is 2.50 bits per heavy atom. The summed E-state index contributed by atoms with van der Waals surface area (Å²) in [6.07, 6.45) is -0.752. The van der Waals surface area contributed by atoms with Gasteiger partial charge in [-0.2, -0.15) is 0 Å². The first-order valence-corrected chi connectivity index (χ1v) is 7.60. The van der Waals surface area contributed by atoms with Crippen molar-refractivity contribution in [2.24, 2.45) is 5.92 Å². The average molecular weight is 312 g/mol. The summed E-state index contributed by atoms with van der Waals surface area (Å²) >= 11 is 11.6. The molecule has 0 aliphatic carbocycles. The maximum atomic E-state index is 12.0. The summed E-state index contributed by atoms with van der Waals surface area (Å²) in [5, 5.41) is 9.95. The molecule has 102 valence electrons. The molecule has 0 aliphatic heterocycles. The van der Waals surface area contributed by atoms with Crippen LogP contribution in [0, 0.1) is 5.92 Å². The van der Waals surface area contributed by atoms with Crippen molar-refractivity contribution in [1.82, 2.24) is 4.72 Å². The van der Waals surface area contributed by atoms with Gasteiger partial charge in [-0.25, -0.2) is 13.1 Å². The van der Waals surface area contributed by atoms with E-state index in [1.54, 1.807) is 13.8 Å². The van der Waals surface area contributed by atoms with Crippen LogP contribution in [0.25, 0.3) is 0 Å². The molecule has 1 unspecified atom stereocenters. The van der Waals surface area contributed by atoms with Crippen LogP contribution < -0.4 is 4.72 Å². The molecule has 7 heteroatoms. The summed E-state index contributed by atoms with van der Waals surface area (Å²) in [6, 6.07) is 4.19. The fourth-order valence-electron chi connectivity index (χ4n) is 1.19. The van der Waals surface area contributed by atoms with Gasteiger partial charge in [-0.15, -0.1) is 0 Å². The monoisotopic (exact) mass is 311 g/mol. The molecule has 0 bridgehead atoms. The largest absolute Gasteiger partial charge is 0.391 e. The van der Waals surface area contributed by atoms with E-state index in [0.29, 0.717) is 0 Å². The zero-order valence-corrected chi connectivity index (χ0v) is 12.4. The van der Waals surface area contributed by atoms with Crippen molar-refractivity contribution in [1.29, 1.82) is 0 Å². The Morgan fingerprint density at radius 1 is 1.33 bits per heavy atom. The van der Waals surface area contributed by atoms with Crippen LogP contribution >= 0.6 is 23.2 Å². The molecule has 0 spiro atoms. The minimum Gasteiger partial charge on any atom is -0.391 e. The van der Waals surface area contributed by atoms with Gasteiger partial charge in [-0.1, -0.05) is 37.0 Å². The van der Waals surface area contributed by atoms with Gasteiger partial charge >= 0.3 is 0 Å². The van der Waals surface area contributed by atoms with Crippen molar-refractivity contribution in [3.63, 3.8) is 0 Å². The lowest BCUT2D eigenvalue weighted by Gasteiger charge is -2.15. The zero-order valence-electron chi connectivity index (χ0n) is 10.0. The van der Waals surface area contributed by atoms with E-state index in [4.69, 9.17) is 23.2 Å². The van der Waals surface area contributed by atoms with E-state index >= 15 is 0 Å². The van der Waals surface area contributed by atoms with Crippen molar-refractivity contribution >= 4 is 33.2 Å². The van der Waals surface area contributed by atoms with Gasteiger partial charge in [0.05, 0.1) is 11.1 Å². The number of aliphatic hydroxyl groups excluding tert-OH is 1. The summed E-state index contributed by atoms with van der Waals surface area (Å²) in [5.41, 5.74) is 0. The number of rotatable bonds is 5. The molecule has 0 aliphatic rings. The van der Waals surface area contributed by atoms with Crippen molar-refractivity contribution in [3.05, 3.63) is 28.2 Å². The van der Waals surface area contributed by atoms with Gasteiger partial charge in [-0.3, -0.25) is 0 Å². The van der Waals surface area contributed by atoms with Crippen molar-refractivity contribution in [2.75, 3.05) is 6.54 Å². The summed E-state index contributed by atoms with van der Waals surface area (Å²) < 4.78 is 26.2. The molecule has 0 saturated carbocycles. The molecule has 0 fully saturated rings. The van der Waals surface area contributed by atoms with Gasteiger partial charge in [0.2, 0.25) is 10.0 Å². The molecule has 1 atom stereocenters. The third-order valence-electron chi connectivity index (χ3n) is 2.43. The van der Waals surface area contributed by atoms with E-state index in [1.807, 2.05) is 0 Å². The number of sulfonamides is 1. The third-order valence-corrected chi connectivity index (χ3v) is 4.58. The predicted octanol–water partition coefficient (Wildman–Crippen LogP) is 2.29. The van der Waals surface area contributed by atoms with Crippen LogP contribution in [0.5, 0.6) is 0 Å². The summed E-state index contributed by atoms with van der Waals surface area (Å²) in [7, 11) is -3.77. The zero-order chi connectivity index (χ0) is 13.9. The minimum absolute atomic E-state index is 0.0393. The van der Waals surface area contributed by atoms with E-state index in [0.717, 1.165) is 0 Å². The van der Waals surface area contributed by atoms with Gasteiger partial charge in [0.1, 0.15) is 4.90 Å². The van der Waals surface area contributed by atoms with E-state index in [-0.39, 0.29) is 27.4 Å². The number of hydrogen-bond donors (Lipinski definition) is 2. The second kappa shape index (κ2) is 6.21. The van der Waals surface area contributed by atoms with Gasteiger partial charge in [-0.05, 0) is 24.1 Å². The molecule has 0 aromatic heterocycles. The Morgan fingerprint density at radius 2 is 1.94 bits per heavy atom. The molecule has 1 aromatic rings. The molecule has 0 heterocycles. The highest BCUT2D eigenvalue weighted by molar-refractivity contribution is 7.89. The maximum Gasteiger partial charge on any atom is 0.242 e. The maximum absolute atomic E-state index is 12.0. The molecule has 2 N–H and O–H groups in total. The molecule has 0 amide bonds. The lowest BCUT2D eigenvalue weighted by Crippen LogP contribution is -2.34. The number of halogens is 2. The number of aliphatic hydroxyl groups is 1. The van der Waals surface area contributed by atoms with Gasteiger partial charge < -0.3 is 5.11 Å². The van der Waals surface area contributed by atoms with E-state index < -0.39 is 16.1 Å². The number of nitrogens with one attached hydrogen (secondary N) is 1. The summed E-state index contributed by atoms with van der Waals surface area (Å²) in [4.78, 5) is -0.0902. The van der Waals surface area contributed by atoms with Crippen LogP contribution in [0.1, 0.15) is 13.8 Å². The Hall–Kier alpha value is -0.330. The van der Waals surface area contributed by atoms with E-state index in [9.17, 15) is 13.5 Å². The fourth-order valence-corrected chi connectivity index (χ4v) is 3.00. The first-order chi connectivity index (χ1) is 8.24. The highest BCUT2D eigenvalue weighted by atomic mass is 35.5. The van der Waals surface area contributed by atoms with E-state index in [1.165, 1.54) is 18.2 Å². The normalized spacial score (nSPS) is 13.9. The first-order valence-electron chi connectivity index (χ1n) is 5.37. The highest BCUT2D eigenvalue weighted by Crippen LogP contribution is 2.24. The minimum atomic E-state index is -3.77. The Kier molecular flexibility index (Phi) is 5.43. The van der Waals surface area contributed by atoms with Crippen LogP contribution in [0.2, 0.25) is 10.0 Å². The number of benzene rings is 1. The van der Waals surface area contributed by atoms with Crippen LogP contribution in [0.15, 0.2) is 23.1 Å². The van der Waals surface area contributed by atoms with Crippen molar-refractivity contribution in [2.45, 2.75) is 24.8 Å². The molecule has 4 nitrogen and oxygen atoms in total. The van der Waals surface area contributed by atoms with Gasteiger partial charge in [0.25, 0.3) is 0 Å². The van der Waals surface area contributed by atoms with E-state index in [2.05, 4.69) is 4.72 Å². The standard InChI is InChI=1S/C11H15Cl2NO3S/c1-7(2)10(15)6-14-18(16,17)11-5-8(12)3-4-9(11)13/h3-5,7,10,14-15H,6H2,1-2H3. The Balaban J connectivity index is 2.90. The topological polar surface area (TPSA) is 66.4 Å². The SMILES string of the molecule is CC(C)C(O)CNS(=O)(=O)c1cc(Cl)ccc1Cl. The predicted molar refractivity (Wildman–Crippen MR) is 72.5 cm³/mol. The Bertz CT molecular complexity index is 517. The summed E-state index contributed by atoms with van der Waals surface area (Å²) in [6.45, 7) is 3.53. The molecule has 1 aromatic carbocycles. The van der Waals surface area contributed by atoms with Crippen LogP contribution in [0.4, 0.5) is 0 Å². The summed E-state index contributed by atoms with van der Waals surface area (Å²) in [5.74, 6) is -0.0393. The lowest BCUT2D eigenvalue weighted by atomic mass is 10.1. The van der Waals surface area contributed by atoms with Crippen LogP contribution in [0.3, 0.4) is 0 Å². The first kappa shape index (κ1) is 15.7. The van der Waals surface area contributed by atoms with Crippen LogP contribution in [-0.4, -0.2) is 26.2 Å². The second-order valence-electron chi connectivity index (χ2n) is 4.24. The van der Waals surface area contributed by atoms with Gasteiger partial charge in [0.15, 0.2) is 0 Å².